The Balaban J connectivity index is 2.23. The number of halogens is 2. The molecular weight excluding hydrogens is 200 g/mol. The summed E-state index contributed by atoms with van der Waals surface area (Å²) in [6, 6.07) is 9.36. The molecule has 1 fully saturated rings. The minimum atomic E-state index is -1.74. The van der Waals surface area contributed by atoms with Crippen molar-refractivity contribution in [3.63, 3.8) is 0 Å². The fourth-order valence-electron chi connectivity index (χ4n) is 1.69. The summed E-state index contributed by atoms with van der Waals surface area (Å²) in [5.74, 6) is -0.230. The van der Waals surface area contributed by atoms with E-state index in [-0.39, 0.29) is 18.2 Å². The molecule has 1 unspecified atom stereocenters. The third-order valence-electron chi connectivity index (χ3n) is 2.47. The molecule has 1 aliphatic rings. The van der Waals surface area contributed by atoms with E-state index in [1.807, 2.05) is 30.3 Å². The Kier molecular flexibility index (Phi) is 2.68. The minimum Gasteiger partial charge on any atom is -0.404 e. The van der Waals surface area contributed by atoms with E-state index in [0.29, 0.717) is 0 Å². The molecule has 0 spiro atoms. The fourth-order valence-corrected chi connectivity index (χ4v) is 1.69. The van der Waals surface area contributed by atoms with Crippen LogP contribution in [0.15, 0.2) is 42.2 Å². The molecule has 1 heterocycles. The zero-order chi connectivity index (χ0) is 10.8. The van der Waals surface area contributed by atoms with Gasteiger partial charge in [0.1, 0.15) is 0 Å². The maximum Gasteiger partial charge on any atom is 0.310 e. The molecule has 1 saturated heterocycles. The van der Waals surface area contributed by atoms with Crippen molar-refractivity contribution in [1.29, 1.82) is 0 Å². The Morgan fingerprint density at radius 3 is 2.53 bits per heavy atom. The maximum atomic E-state index is 12.3. The largest absolute Gasteiger partial charge is 0.404 e. The van der Waals surface area contributed by atoms with Gasteiger partial charge in [-0.1, -0.05) is 30.3 Å². The average Bonchev–Trinajstić information content (AvgIpc) is 2.62. The molecule has 0 amide bonds. The highest BCUT2D eigenvalue weighted by Crippen LogP contribution is 2.36. The number of benzene rings is 1. The Labute approximate surface area is 86.7 Å². The van der Waals surface area contributed by atoms with Gasteiger partial charge in [0, 0.05) is 13.5 Å². The third kappa shape index (κ3) is 1.99. The number of hydrogen-bond donors (Lipinski definition) is 0. The summed E-state index contributed by atoms with van der Waals surface area (Å²) in [5, 5.41) is 1.46. The number of nitrogens with zero attached hydrogens (tertiary/aromatic N) is 1. The highest BCUT2D eigenvalue weighted by Gasteiger charge is 2.31. The molecule has 0 bridgehead atoms. The molecule has 1 aliphatic heterocycles. The lowest BCUT2D eigenvalue weighted by Crippen LogP contribution is -2.15. The Morgan fingerprint density at radius 1 is 1.33 bits per heavy atom. The van der Waals surface area contributed by atoms with Gasteiger partial charge in [0.2, 0.25) is 0 Å². The summed E-state index contributed by atoms with van der Waals surface area (Å²) in [5.41, 5.74) is 0.983. The summed E-state index contributed by atoms with van der Waals surface area (Å²) in [6.45, 7) is 0. The number of rotatable bonds is 1. The second-order valence-electron chi connectivity index (χ2n) is 3.45. The fraction of sp³-hybridized carbons (Fsp3) is 0.273. The van der Waals surface area contributed by atoms with Crippen LogP contribution < -0.4 is 0 Å². The first-order chi connectivity index (χ1) is 7.18. The van der Waals surface area contributed by atoms with Crippen LogP contribution in [0.3, 0.4) is 0 Å². The predicted molar refractivity (Wildman–Crippen MR) is 51.9 cm³/mol. The molecule has 1 aromatic carbocycles. The zero-order valence-corrected chi connectivity index (χ0v) is 8.28. The van der Waals surface area contributed by atoms with Gasteiger partial charge in [-0.3, -0.25) is 0 Å². The first-order valence-corrected chi connectivity index (χ1v) is 4.68. The standard InChI is InChI=1S/C11H11F2NO/c1-14-9(7-10(15-14)11(12)13)8-5-3-2-4-6-8/h2-6,9H,7H2,1H3. The average molecular weight is 211 g/mol. The van der Waals surface area contributed by atoms with Gasteiger partial charge in [-0.2, -0.15) is 8.78 Å². The molecule has 0 radical (unpaired) electrons. The quantitative estimate of drug-likeness (QED) is 0.707. The van der Waals surface area contributed by atoms with Crippen LogP contribution in [-0.4, -0.2) is 12.1 Å². The van der Waals surface area contributed by atoms with Gasteiger partial charge < -0.3 is 4.84 Å². The van der Waals surface area contributed by atoms with Gasteiger partial charge in [0.25, 0.3) is 0 Å². The molecule has 80 valence electrons. The predicted octanol–water partition coefficient (Wildman–Crippen LogP) is 3.10. The molecule has 1 aromatic rings. The van der Waals surface area contributed by atoms with Crippen molar-refractivity contribution < 1.29 is 13.6 Å². The van der Waals surface area contributed by atoms with Crippen molar-refractivity contribution in [2.75, 3.05) is 7.05 Å². The molecule has 0 aromatic heterocycles. The van der Waals surface area contributed by atoms with Gasteiger partial charge in [-0.15, -0.1) is 5.06 Å². The highest BCUT2D eigenvalue weighted by atomic mass is 19.3. The van der Waals surface area contributed by atoms with Crippen molar-refractivity contribution in [3.8, 4) is 0 Å². The lowest BCUT2D eigenvalue weighted by molar-refractivity contribution is -0.0864. The highest BCUT2D eigenvalue weighted by molar-refractivity contribution is 5.21. The van der Waals surface area contributed by atoms with E-state index in [9.17, 15) is 8.78 Å². The minimum absolute atomic E-state index is 0.123. The SMILES string of the molecule is CN1OC(=C(F)F)CC1c1ccccc1. The lowest BCUT2D eigenvalue weighted by Gasteiger charge is -2.16. The maximum absolute atomic E-state index is 12.3. The van der Waals surface area contributed by atoms with Crippen molar-refractivity contribution in [2.24, 2.45) is 0 Å². The molecule has 1 atom stereocenters. The van der Waals surface area contributed by atoms with Crippen LogP contribution in [0.25, 0.3) is 0 Å². The van der Waals surface area contributed by atoms with Crippen LogP contribution in [0.1, 0.15) is 18.0 Å². The number of hydroxylamine groups is 2. The second-order valence-corrected chi connectivity index (χ2v) is 3.45. The molecule has 0 aliphatic carbocycles. The molecule has 0 saturated carbocycles. The van der Waals surface area contributed by atoms with Crippen LogP contribution in [-0.2, 0) is 4.84 Å². The zero-order valence-electron chi connectivity index (χ0n) is 8.28. The molecule has 4 heteroatoms. The molecule has 2 nitrogen and oxygen atoms in total. The van der Waals surface area contributed by atoms with Crippen molar-refractivity contribution in [2.45, 2.75) is 12.5 Å². The summed E-state index contributed by atoms with van der Waals surface area (Å²) in [4.78, 5) is 4.95. The third-order valence-corrected chi connectivity index (χ3v) is 2.47. The monoisotopic (exact) mass is 211 g/mol. The lowest BCUT2D eigenvalue weighted by atomic mass is 10.0. The van der Waals surface area contributed by atoms with E-state index in [1.165, 1.54) is 5.06 Å². The normalized spacial score (nSPS) is 21.5. The Bertz CT molecular complexity index is 373. The van der Waals surface area contributed by atoms with E-state index in [2.05, 4.69) is 0 Å². The van der Waals surface area contributed by atoms with Crippen LogP contribution in [0.4, 0.5) is 8.78 Å². The first-order valence-electron chi connectivity index (χ1n) is 4.68. The Hall–Kier alpha value is -1.42. The summed E-state index contributed by atoms with van der Waals surface area (Å²) < 4.78 is 24.7. The van der Waals surface area contributed by atoms with Crippen LogP contribution in [0, 0.1) is 0 Å². The van der Waals surface area contributed by atoms with E-state index < -0.39 is 6.08 Å². The molecule has 2 rings (SSSR count). The van der Waals surface area contributed by atoms with Crippen LogP contribution in [0.2, 0.25) is 0 Å². The van der Waals surface area contributed by atoms with Gasteiger partial charge in [-0.25, -0.2) is 0 Å². The Morgan fingerprint density at radius 2 is 2.00 bits per heavy atom. The summed E-state index contributed by atoms with van der Waals surface area (Å²) >= 11 is 0. The van der Waals surface area contributed by atoms with Crippen LogP contribution >= 0.6 is 0 Å². The molecule has 15 heavy (non-hydrogen) atoms. The van der Waals surface area contributed by atoms with Crippen LogP contribution in [0.5, 0.6) is 0 Å². The van der Waals surface area contributed by atoms with Gasteiger partial charge >= 0.3 is 6.08 Å². The van der Waals surface area contributed by atoms with Gasteiger partial charge in [0.15, 0.2) is 5.76 Å². The topological polar surface area (TPSA) is 12.5 Å². The molecular formula is C11H11F2NO. The first kappa shape index (κ1) is 10.1. The van der Waals surface area contributed by atoms with E-state index in [4.69, 9.17) is 4.84 Å². The molecule has 0 N–H and O–H groups in total. The van der Waals surface area contributed by atoms with Gasteiger partial charge in [-0.05, 0) is 5.56 Å². The smallest absolute Gasteiger partial charge is 0.310 e. The summed E-state index contributed by atoms with van der Waals surface area (Å²) in [6.07, 6.45) is -1.51. The van der Waals surface area contributed by atoms with Gasteiger partial charge in [0.05, 0.1) is 6.04 Å². The second kappa shape index (κ2) is 3.98. The van der Waals surface area contributed by atoms with E-state index >= 15 is 0 Å². The van der Waals surface area contributed by atoms with Crippen molar-refractivity contribution in [1.82, 2.24) is 5.06 Å². The van der Waals surface area contributed by atoms with E-state index in [0.717, 1.165) is 5.56 Å². The summed E-state index contributed by atoms with van der Waals surface area (Å²) in [7, 11) is 1.66. The number of hydrogen-bond acceptors (Lipinski definition) is 2. The van der Waals surface area contributed by atoms with Crippen molar-refractivity contribution in [3.05, 3.63) is 47.7 Å². The van der Waals surface area contributed by atoms with Crippen molar-refractivity contribution >= 4 is 0 Å². The van der Waals surface area contributed by atoms with E-state index in [1.54, 1.807) is 7.05 Å².